The molecule has 3 nitrogen and oxygen atoms in total. The first-order valence-corrected chi connectivity index (χ1v) is 3.38. The van der Waals surface area contributed by atoms with E-state index in [2.05, 4.69) is 0 Å². The zero-order valence-corrected chi connectivity index (χ0v) is 5.55. The van der Waals surface area contributed by atoms with Crippen molar-refractivity contribution in [2.45, 2.75) is 12.5 Å². The highest BCUT2D eigenvalue weighted by atomic mass is 16.5. The summed E-state index contributed by atoms with van der Waals surface area (Å²) < 4.78 is 4.98. The number of nitrogens with two attached hydrogens (primary N) is 2. The molecule has 54 valence electrons. The van der Waals surface area contributed by atoms with Crippen molar-refractivity contribution in [1.29, 1.82) is 0 Å². The van der Waals surface area contributed by atoms with E-state index in [1.54, 1.807) is 0 Å². The van der Waals surface area contributed by atoms with Gasteiger partial charge in [0.2, 0.25) is 0 Å². The molecule has 3 heteroatoms. The molecule has 0 saturated carbocycles. The van der Waals surface area contributed by atoms with Crippen LogP contribution in [0.2, 0.25) is 0 Å². The number of ether oxygens (including phenoxy) is 1. The van der Waals surface area contributed by atoms with E-state index < -0.39 is 0 Å². The van der Waals surface area contributed by atoms with Crippen molar-refractivity contribution in [3.05, 3.63) is 0 Å². The zero-order chi connectivity index (χ0) is 6.69. The molecule has 9 heavy (non-hydrogen) atoms. The van der Waals surface area contributed by atoms with Crippen molar-refractivity contribution < 1.29 is 4.74 Å². The lowest BCUT2D eigenvalue weighted by atomic mass is 9.96. The smallest absolute Gasteiger partial charge is 0.0531 e. The van der Waals surface area contributed by atoms with E-state index in [0.717, 1.165) is 19.6 Å². The maximum absolute atomic E-state index is 5.73. The molecule has 0 aromatic heterocycles. The average molecular weight is 130 g/mol. The molecule has 1 saturated heterocycles. The van der Waals surface area contributed by atoms with Gasteiger partial charge in [0.1, 0.15) is 0 Å². The van der Waals surface area contributed by atoms with E-state index in [4.69, 9.17) is 16.2 Å². The molecule has 0 aromatic carbocycles. The van der Waals surface area contributed by atoms with Crippen LogP contribution >= 0.6 is 0 Å². The van der Waals surface area contributed by atoms with E-state index >= 15 is 0 Å². The van der Waals surface area contributed by atoms with Crippen LogP contribution in [-0.2, 0) is 4.74 Å². The summed E-state index contributed by atoms with van der Waals surface area (Å²) in [6.45, 7) is 2.36. The number of hydrogen-bond donors (Lipinski definition) is 2. The largest absolute Gasteiger partial charge is 0.381 e. The first kappa shape index (κ1) is 6.99. The molecule has 1 heterocycles. The summed E-state index contributed by atoms with van der Waals surface area (Å²) in [6, 6.07) is 0.267. The molecular formula is C6H14N2O. The minimum Gasteiger partial charge on any atom is -0.381 e. The first-order chi connectivity index (χ1) is 4.34. The van der Waals surface area contributed by atoms with Crippen molar-refractivity contribution in [3.8, 4) is 0 Å². The molecule has 1 unspecified atom stereocenters. The van der Waals surface area contributed by atoms with Gasteiger partial charge in [-0.1, -0.05) is 0 Å². The van der Waals surface area contributed by atoms with Gasteiger partial charge in [0.25, 0.3) is 0 Å². The van der Waals surface area contributed by atoms with Crippen molar-refractivity contribution in [2.24, 2.45) is 17.4 Å². The Morgan fingerprint density at radius 1 is 1.56 bits per heavy atom. The monoisotopic (exact) mass is 130 g/mol. The Morgan fingerprint density at radius 3 is 2.56 bits per heavy atom. The van der Waals surface area contributed by atoms with Crippen LogP contribution in [0.4, 0.5) is 0 Å². The summed E-state index contributed by atoms with van der Waals surface area (Å²) in [5, 5.41) is 0. The second-order valence-corrected chi connectivity index (χ2v) is 2.54. The molecule has 1 fully saturated rings. The van der Waals surface area contributed by atoms with Crippen molar-refractivity contribution in [1.82, 2.24) is 0 Å². The minimum atomic E-state index is 0.267. The van der Waals surface area contributed by atoms with Gasteiger partial charge >= 0.3 is 0 Å². The first-order valence-electron chi connectivity index (χ1n) is 3.38. The fraction of sp³-hybridized carbons (Fsp3) is 1.00. The van der Waals surface area contributed by atoms with Crippen LogP contribution in [0.15, 0.2) is 0 Å². The maximum atomic E-state index is 5.73. The van der Waals surface area contributed by atoms with Crippen molar-refractivity contribution >= 4 is 0 Å². The molecule has 0 bridgehead atoms. The Balaban J connectivity index is 2.08. The second-order valence-electron chi connectivity index (χ2n) is 2.54. The van der Waals surface area contributed by atoms with Crippen LogP contribution in [0.3, 0.4) is 0 Å². The third-order valence-electron chi connectivity index (χ3n) is 1.77. The highest BCUT2D eigenvalue weighted by Crippen LogP contribution is 2.14. The van der Waals surface area contributed by atoms with Crippen LogP contribution < -0.4 is 11.5 Å². The molecule has 1 rings (SSSR count). The van der Waals surface area contributed by atoms with Gasteiger partial charge in [-0.15, -0.1) is 0 Å². The summed E-state index contributed by atoms with van der Waals surface area (Å²) in [4.78, 5) is 0. The van der Waals surface area contributed by atoms with Crippen LogP contribution in [0.5, 0.6) is 0 Å². The van der Waals surface area contributed by atoms with Gasteiger partial charge in [-0.3, -0.25) is 0 Å². The van der Waals surface area contributed by atoms with Crippen molar-refractivity contribution in [2.75, 3.05) is 19.8 Å². The third kappa shape index (κ3) is 1.64. The van der Waals surface area contributed by atoms with Gasteiger partial charge in [0.05, 0.1) is 13.2 Å². The Bertz CT molecular complexity index is 83.1. The molecule has 0 spiro atoms. The van der Waals surface area contributed by atoms with E-state index in [-0.39, 0.29) is 6.04 Å². The quantitative estimate of drug-likeness (QED) is 0.531. The van der Waals surface area contributed by atoms with Gasteiger partial charge in [0, 0.05) is 12.0 Å². The Morgan fingerprint density at radius 2 is 2.22 bits per heavy atom. The van der Waals surface area contributed by atoms with Gasteiger partial charge in [0.15, 0.2) is 0 Å². The molecule has 4 N–H and O–H groups in total. The third-order valence-corrected chi connectivity index (χ3v) is 1.77. The minimum absolute atomic E-state index is 0.267. The van der Waals surface area contributed by atoms with Crippen LogP contribution in [0.25, 0.3) is 0 Å². The lowest BCUT2D eigenvalue weighted by Crippen LogP contribution is -2.43. The molecule has 1 aliphatic rings. The van der Waals surface area contributed by atoms with Gasteiger partial charge < -0.3 is 16.2 Å². The Hall–Kier alpha value is -0.120. The topological polar surface area (TPSA) is 61.3 Å². The van der Waals surface area contributed by atoms with Crippen molar-refractivity contribution in [3.63, 3.8) is 0 Å². The standard InChI is InChI=1S/C6H14N2O/c7-2-1-6(8)5-3-9-4-5/h5-6H,1-4,7-8H2. The SMILES string of the molecule is NCCC(N)C1COC1. The molecule has 0 amide bonds. The molecule has 0 aromatic rings. The predicted molar refractivity (Wildman–Crippen MR) is 36.0 cm³/mol. The molecule has 0 aliphatic carbocycles. The Kier molecular flexibility index (Phi) is 2.45. The zero-order valence-electron chi connectivity index (χ0n) is 5.55. The normalized spacial score (nSPS) is 23.3. The Labute approximate surface area is 55.4 Å². The van der Waals surface area contributed by atoms with Crippen LogP contribution in [0, 0.1) is 5.92 Å². The highest BCUT2D eigenvalue weighted by Gasteiger charge is 2.24. The highest BCUT2D eigenvalue weighted by molar-refractivity contribution is 4.77. The van der Waals surface area contributed by atoms with E-state index in [1.165, 1.54) is 0 Å². The van der Waals surface area contributed by atoms with Gasteiger partial charge in [-0.2, -0.15) is 0 Å². The van der Waals surface area contributed by atoms with Crippen LogP contribution in [0.1, 0.15) is 6.42 Å². The average Bonchev–Trinajstić information content (AvgIpc) is 1.60. The van der Waals surface area contributed by atoms with E-state index in [9.17, 15) is 0 Å². The lowest BCUT2D eigenvalue weighted by molar-refractivity contribution is -0.0442. The predicted octanol–water partition coefficient (Wildman–Crippen LogP) is -0.691. The molecule has 0 radical (unpaired) electrons. The fourth-order valence-electron chi connectivity index (χ4n) is 0.929. The number of rotatable bonds is 3. The summed E-state index contributed by atoms with van der Waals surface area (Å²) in [5.41, 5.74) is 11.1. The fourth-order valence-corrected chi connectivity index (χ4v) is 0.929. The van der Waals surface area contributed by atoms with E-state index in [1.807, 2.05) is 0 Å². The summed E-state index contributed by atoms with van der Waals surface area (Å²) in [7, 11) is 0. The summed E-state index contributed by atoms with van der Waals surface area (Å²) in [6.07, 6.45) is 0.925. The molecule has 1 aliphatic heterocycles. The summed E-state index contributed by atoms with van der Waals surface area (Å²) >= 11 is 0. The molecule has 1 atom stereocenters. The molecular weight excluding hydrogens is 116 g/mol. The van der Waals surface area contributed by atoms with E-state index in [0.29, 0.717) is 12.5 Å². The van der Waals surface area contributed by atoms with Gasteiger partial charge in [-0.05, 0) is 13.0 Å². The second kappa shape index (κ2) is 3.15. The lowest BCUT2D eigenvalue weighted by Gasteiger charge is -2.30. The van der Waals surface area contributed by atoms with Gasteiger partial charge in [-0.25, -0.2) is 0 Å². The van der Waals surface area contributed by atoms with Crippen LogP contribution in [-0.4, -0.2) is 25.8 Å². The summed E-state index contributed by atoms with van der Waals surface area (Å²) in [5.74, 6) is 0.577. The maximum Gasteiger partial charge on any atom is 0.0531 e. The number of hydrogen-bond acceptors (Lipinski definition) is 3.